The molecule has 0 bridgehead atoms. The molecule has 4 heteroatoms. The number of carbonyl (C=O) groups is 2. The van der Waals surface area contributed by atoms with Gasteiger partial charge in [0, 0.05) is 6.04 Å². The Morgan fingerprint density at radius 1 is 1.27 bits per heavy atom. The van der Waals surface area contributed by atoms with Crippen LogP contribution in [0.5, 0.6) is 0 Å². The number of fused-ring (bicyclic) bond motifs is 1. The molecule has 3 rings (SSSR count). The zero-order chi connectivity index (χ0) is 15.7. The number of rotatable bonds is 3. The van der Waals surface area contributed by atoms with E-state index in [1.807, 2.05) is 30.0 Å². The van der Waals surface area contributed by atoms with Crippen molar-refractivity contribution >= 4 is 11.9 Å². The van der Waals surface area contributed by atoms with Gasteiger partial charge in [0.15, 0.2) is 0 Å². The van der Waals surface area contributed by atoms with Crippen LogP contribution in [0.25, 0.3) is 0 Å². The Labute approximate surface area is 131 Å². The molecule has 2 saturated heterocycles. The first-order valence-electron chi connectivity index (χ1n) is 8.00. The highest BCUT2D eigenvalue weighted by molar-refractivity contribution is 5.89. The van der Waals surface area contributed by atoms with E-state index in [4.69, 9.17) is 4.74 Å². The molecule has 2 heterocycles. The summed E-state index contributed by atoms with van der Waals surface area (Å²) in [6, 6.07) is 9.93. The second kappa shape index (κ2) is 5.75. The number of esters is 1. The maximum absolute atomic E-state index is 13.1. The second-order valence-electron chi connectivity index (χ2n) is 6.74. The molecule has 0 spiro atoms. The number of hydrogen-bond donors (Lipinski definition) is 0. The van der Waals surface area contributed by atoms with Gasteiger partial charge in [0.05, 0.1) is 12.5 Å². The lowest BCUT2D eigenvalue weighted by atomic mass is 9.74. The minimum atomic E-state index is -0.422. The molecule has 118 valence electrons. The van der Waals surface area contributed by atoms with Crippen LogP contribution in [-0.4, -0.2) is 36.0 Å². The van der Waals surface area contributed by atoms with Crippen molar-refractivity contribution < 1.29 is 14.3 Å². The van der Waals surface area contributed by atoms with E-state index in [1.165, 1.54) is 12.7 Å². The van der Waals surface area contributed by atoms with Crippen LogP contribution in [-0.2, 0) is 20.7 Å². The van der Waals surface area contributed by atoms with Crippen LogP contribution in [0.4, 0.5) is 0 Å². The quantitative estimate of drug-likeness (QED) is 0.806. The monoisotopic (exact) mass is 301 g/mol. The molecule has 2 aliphatic rings. The van der Waals surface area contributed by atoms with E-state index < -0.39 is 11.5 Å². The Kier molecular flexibility index (Phi) is 3.94. The van der Waals surface area contributed by atoms with Crippen LogP contribution in [0.2, 0.25) is 0 Å². The Balaban J connectivity index is 1.83. The smallest absolute Gasteiger partial charge is 0.328 e. The molecule has 0 saturated carbocycles. The first-order chi connectivity index (χ1) is 10.5. The lowest BCUT2D eigenvalue weighted by molar-refractivity contribution is -0.159. The molecule has 1 amide bonds. The average molecular weight is 301 g/mol. The number of carbonyl (C=O) groups excluding carboxylic acids is 2. The number of hydrogen-bond acceptors (Lipinski definition) is 3. The third-order valence-electron chi connectivity index (χ3n) is 5.19. The predicted octanol–water partition coefficient (Wildman–Crippen LogP) is 2.56. The van der Waals surface area contributed by atoms with Gasteiger partial charge in [-0.1, -0.05) is 37.3 Å². The van der Waals surface area contributed by atoms with Gasteiger partial charge in [-0.25, -0.2) is 4.79 Å². The van der Waals surface area contributed by atoms with Gasteiger partial charge < -0.3 is 9.64 Å². The van der Waals surface area contributed by atoms with Crippen LogP contribution >= 0.6 is 0 Å². The molecule has 0 aromatic heterocycles. The number of piperidine rings is 1. The van der Waals surface area contributed by atoms with Gasteiger partial charge in [0.25, 0.3) is 0 Å². The number of nitrogens with zero attached hydrogens (tertiary/aromatic N) is 1. The van der Waals surface area contributed by atoms with Crippen molar-refractivity contribution in [3.63, 3.8) is 0 Å². The standard InChI is InChI=1S/C18H23NO3/c1-18(12-13-6-4-3-5-7-13)11-10-14-8-9-15(16(20)22-2)19(14)17(18)21/h3-7,14-15H,8-12H2,1-2H3/t14-,15+,18-/m1/s1. The van der Waals surface area contributed by atoms with Crippen molar-refractivity contribution in [2.24, 2.45) is 5.41 Å². The lowest BCUT2D eigenvalue weighted by Crippen LogP contribution is -2.55. The van der Waals surface area contributed by atoms with Crippen LogP contribution in [0.3, 0.4) is 0 Å². The molecule has 0 N–H and O–H groups in total. The van der Waals surface area contributed by atoms with E-state index in [0.717, 1.165) is 32.1 Å². The topological polar surface area (TPSA) is 46.6 Å². The molecule has 0 radical (unpaired) electrons. The van der Waals surface area contributed by atoms with Gasteiger partial charge in [-0.3, -0.25) is 4.79 Å². The van der Waals surface area contributed by atoms with Crippen molar-refractivity contribution in [2.45, 2.75) is 51.1 Å². The molecular weight excluding hydrogens is 278 g/mol. The largest absolute Gasteiger partial charge is 0.467 e. The summed E-state index contributed by atoms with van der Waals surface area (Å²) in [6.45, 7) is 2.03. The van der Waals surface area contributed by atoms with Crippen LogP contribution in [0, 0.1) is 5.41 Å². The normalized spacial score (nSPS) is 31.0. The summed E-state index contributed by atoms with van der Waals surface area (Å²) < 4.78 is 4.89. The van der Waals surface area contributed by atoms with Crippen molar-refractivity contribution in [3.05, 3.63) is 35.9 Å². The predicted molar refractivity (Wildman–Crippen MR) is 83.2 cm³/mol. The SMILES string of the molecule is COC(=O)[C@@H]1CC[C@@H]2CC[C@](C)(Cc3ccccc3)C(=O)N21. The molecule has 22 heavy (non-hydrogen) atoms. The average Bonchev–Trinajstić information content (AvgIpc) is 2.96. The maximum atomic E-state index is 13.1. The van der Waals surface area contributed by atoms with Gasteiger partial charge >= 0.3 is 5.97 Å². The molecule has 4 nitrogen and oxygen atoms in total. The summed E-state index contributed by atoms with van der Waals surface area (Å²) >= 11 is 0. The summed E-state index contributed by atoms with van der Waals surface area (Å²) in [6.07, 6.45) is 4.22. The van der Waals surface area contributed by atoms with E-state index in [9.17, 15) is 9.59 Å². The molecule has 0 unspecified atom stereocenters. The Bertz CT molecular complexity index is 571. The molecule has 2 aliphatic heterocycles. The summed E-state index contributed by atoms with van der Waals surface area (Å²) in [5.74, 6) is -0.166. The van der Waals surface area contributed by atoms with E-state index in [-0.39, 0.29) is 17.9 Å². The Morgan fingerprint density at radius 2 is 2.00 bits per heavy atom. The van der Waals surface area contributed by atoms with Crippen LogP contribution < -0.4 is 0 Å². The lowest BCUT2D eigenvalue weighted by Gasteiger charge is -2.43. The van der Waals surface area contributed by atoms with Crippen molar-refractivity contribution in [1.82, 2.24) is 4.90 Å². The van der Waals surface area contributed by atoms with Crippen molar-refractivity contribution in [3.8, 4) is 0 Å². The zero-order valence-corrected chi connectivity index (χ0v) is 13.2. The molecule has 1 aromatic carbocycles. The van der Waals surface area contributed by atoms with Gasteiger partial charge in [0.1, 0.15) is 6.04 Å². The second-order valence-corrected chi connectivity index (χ2v) is 6.74. The third-order valence-corrected chi connectivity index (χ3v) is 5.19. The Hall–Kier alpha value is -1.84. The summed E-state index contributed by atoms with van der Waals surface area (Å²) in [5, 5.41) is 0. The van der Waals surface area contributed by atoms with E-state index in [2.05, 4.69) is 12.1 Å². The highest BCUT2D eigenvalue weighted by Crippen LogP contribution is 2.42. The minimum Gasteiger partial charge on any atom is -0.467 e. The number of benzene rings is 1. The molecule has 2 fully saturated rings. The fourth-order valence-corrected chi connectivity index (χ4v) is 3.96. The summed E-state index contributed by atoms with van der Waals surface area (Å²) in [4.78, 5) is 26.9. The fraction of sp³-hybridized carbons (Fsp3) is 0.556. The maximum Gasteiger partial charge on any atom is 0.328 e. The van der Waals surface area contributed by atoms with Crippen LogP contribution in [0.1, 0.15) is 38.2 Å². The molecule has 1 aromatic rings. The molecular formula is C18H23NO3. The van der Waals surface area contributed by atoms with E-state index in [1.54, 1.807) is 0 Å². The van der Waals surface area contributed by atoms with E-state index in [0.29, 0.717) is 0 Å². The van der Waals surface area contributed by atoms with Gasteiger partial charge in [0.2, 0.25) is 5.91 Å². The number of amides is 1. The number of methoxy groups -OCH3 is 1. The number of ether oxygens (including phenoxy) is 1. The fourth-order valence-electron chi connectivity index (χ4n) is 3.96. The summed E-state index contributed by atoms with van der Waals surface area (Å²) in [7, 11) is 1.40. The third kappa shape index (κ3) is 2.51. The van der Waals surface area contributed by atoms with Gasteiger partial charge in [-0.2, -0.15) is 0 Å². The first kappa shape index (κ1) is 15.1. The van der Waals surface area contributed by atoms with Crippen molar-refractivity contribution in [1.29, 1.82) is 0 Å². The highest BCUT2D eigenvalue weighted by Gasteiger charge is 2.51. The minimum absolute atomic E-state index is 0.112. The zero-order valence-electron chi connectivity index (χ0n) is 13.2. The van der Waals surface area contributed by atoms with Crippen molar-refractivity contribution in [2.75, 3.05) is 7.11 Å². The van der Waals surface area contributed by atoms with E-state index >= 15 is 0 Å². The molecule has 0 aliphatic carbocycles. The van der Waals surface area contributed by atoms with Crippen LogP contribution in [0.15, 0.2) is 30.3 Å². The van der Waals surface area contributed by atoms with Gasteiger partial charge in [-0.15, -0.1) is 0 Å². The highest BCUT2D eigenvalue weighted by atomic mass is 16.5. The molecule has 3 atom stereocenters. The Morgan fingerprint density at radius 3 is 2.68 bits per heavy atom. The summed E-state index contributed by atoms with van der Waals surface area (Å²) in [5.41, 5.74) is 0.750. The van der Waals surface area contributed by atoms with Gasteiger partial charge in [-0.05, 0) is 37.7 Å². The first-order valence-corrected chi connectivity index (χ1v) is 8.00.